The maximum absolute atomic E-state index is 13.1. The van der Waals surface area contributed by atoms with Crippen LogP contribution in [-0.2, 0) is 0 Å². The van der Waals surface area contributed by atoms with Crippen molar-refractivity contribution in [3.8, 4) is 5.82 Å². The Morgan fingerprint density at radius 1 is 1.14 bits per heavy atom. The summed E-state index contributed by atoms with van der Waals surface area (Å²) in [6.07, 6.45) is 1.55. The van der Waals surface area contributed by atoms with Gasteiger partial charge in [-0.1, -0.05) is 27.5 Å². The molecule has 0 saturated carbocycles. The lowest BCUT2D eigenvalue weighted by Gasteiger charge is -2.14. The van der Waals surface area contributed by atoms with E-state index in [-0.39, 0.29) is 11.3 Å². The van der Waals surface area contributed by atoms with E-state index >= 15 is 0 Å². The standard InChI is InChI=1S/C17H12Br3ClN6O2/c1-22-25-16(28)9-5-8(18)6-10(19)14(9)24-17(29)12-7-13(20)26-27(12)15-11(21)3-2-4-23-15/h2-7,22H,1H3,(H,24,29)(H,25,28). The van der Waals surface area contributed by atoms with Crippen molar-refractivity contribution in [3.05, 3.63) is 66.4 Å². The molecule has 150 valence electrons. The Balaban J connectivity index is 2.03. The monoisotopic (exact) mass is 604 g/mol. The summed E-state index contributed by atoms with van der Waals surface area (Å²) in [5.41, 5.74) is 5.77. The fourth-order valence-electron chi connectivity index (χ4n) is 2.45. The lowest BCUT2D eigenvalue weighted by atomic mass is 10.1. The van der Waals surface area contributed by atoms with E-state index < -0.39 is 11.8 Å². The smallest absolute Gasteiger partial charge is 0.274 e. The highest BCUT2D eigenvalue weighted by Crippen LogP contribution is 2.32. The molecule has 2 aromatic heterocycles. The van der Waals surface area contributed by atoms with Gasteiger partial charge in [-0.2, -0.15) is 5.10 Å². The number of hydrazine groups is 1. The summed E-state index contributed by atoms with van der Waals surface area (Å²) in [5.74, 6) is -0.633. The molecule has 0 atom stereocenters. The molecule has 0 spiro atoms. The number of benzene rings is 1. The van der Waals surface area contributed by atoms with Crippen LogP contribution in [0.1, 0.15) is 20.8 Å². The molecule has 0 radical (unpaired) electrons. The minimum absolute atomic E-state index is 0.173. The summed E-state index contributed by atoms with van der Waals surface area (Å²) >= 11 is 16.2. The largest absolute Gasteiger partial charge is 0.319 e. The maximum atomic E-state index is 13.1. The number of aromatic nitrogens is 3. The molecule has 8 nitrogen and oxygen atoms in total. The van der Waals surface area contributed by atoms with Gasteiger partial charge in [-0.3, -0.25) is 15.0 Å². The molecule has 0 bridgehead atoms. The van der Waals surface area contributed by atoms with Crippen molar-refractivity contribution in [1.29, 1.82) is 0 Å². The van der Waals surface area contributed by atoms with Gasteiger partial charge in [0, 0.05) is 28.3 Å². The molecule has 29 heavy (non-hydrogen) atoms. The quantitative estimate of drug-likeness (QED) is 0.375. The number of nitrogens with zero attached hydrogens (tertiary/aromatic N) is 3. The zero-order valence-corrected chi connectivity index (χ0v) is 20.1. The number of carbonyl (C=O) groups is 2. The summed E-state index contributed by atoms with van der Waals surface area (Å²) in [6.45, 7) is 0. The van der Waals surface area contributed by atoms with E-state index in [0.29, 0.717) is 30.1 Å². The first kappa shape index (κ1) is 21.9. The summed E-state index contributed by atoms with van der Waals surface area (Å²) in [4.78, 5) is 29.7. The van der Waals surface area contributed by atoms with Gasteiger partial charge < -0.3 is 5.32 Å². The third-order valence-electron chi connectivity index (χ3n) is 3.63. The van der Waals surface area contributed by atoms with Gasteiger partial charge in [0.1, 0.15) is 10.3 Å². The van der Waals surface area contributed by atoms with Crippen LogP contribution in [0.15, 0.2) is 50.1 Å². The number of nitrogens with one attached hydrogen (secondary N) is 3. The highest BCUT2D eigenvalue weighted by molar-refractivity contribution is 9.11. The SMILES string of the molecule is CNNC(=O)c1cc(Br)cc(Br)c1NC(=O)c1cc(Br)nn1-c1ncccc1Cl. The van der Waals surface area contributed by atoms with Crippen LogP contribution >= 0.6 is 59.4 Å². The molecular formula is C17H12Br3ClN6O2. The molecule has 3 rings (SSSR count). The zero-order valence-electron chi connectivity index (χ0n) is 14.6. The summed E-state index contributed by atoms with van der Waals surface area (Å²) in [6, 6.07) is 8.16. The topological polar surface area (TPSA) is 101 Å². The highest BCUT2D eigenvalue weighted by Gasteiger charge is 2.22. The predicted octanol–water partition coefficient (Wildman–Crippen LogP) is 4.32. The third-order valence-corrected chi connectivity index (χ3v) is 5.39. The summed E-state index contributed by atoms with van der Waals surface area (Å²) in [7, 11) is 1.57. The molecule has 0 aliphatic carbocycles. The Bertz CT molecular complexity index is 1100. The third kappa shape index (κ3) is 4.86. The molecule has 2 heterocycles. The minimum Gasteiger partial charge on any atom is -0.319 e. The van der Waals surface area contributed by atoms with Crippen molar-refractivity contribution in [2.45, 2.75) is 0 Å². The number of hydrogen-bond acceptors (Lipinski definition) is 5. The molecule has 0 saturated heterocycles. The summed E-state index contributed by atoms with van der Waals surface area (Å²) in [5, 5.41) is 7.33. The van der Waals surface area contributed by atoms with Gasteiger partial charge in [0.05, 0.1) is 16.3 Å². The predicted molar refractivity (Wildman–Crippen MR) is 120 cm³/mol. The molecule has 0 aliphatic rings. The Kier molecular flexibility index (Phi) is 7.06. The second-order valence-electron chi connectivity index (χ2n) is 5.54. The normalized spacial score (nSPS) is 10.7. The lowest BCUT2D eigenvalue weighted by molar-refractivity contribution is 0.0939. The van der Waals surface area contributed by atoms with E-state index in [9.17, 15) is 9.59 Å². The van der Waals surface area contributed by atoms with E-state index in [1.54, 1.807) is 37.5 Å². The van der Waals surface area contributed by atoms with E-state index in [1.165, 1.54) is 10.7 Å². The molecule has 0 fully saturated rings. The van der Waals surface area contributed by atoms with Crippen molar-refractivity contribution in [2.24, 2.45) is 0 Å². The Morgan fingerprint density at radius 3 is 2.59 bits per heavy atom. The number of amides is 2. The molecule has 0 unspecified atom stereocenters. The fourth-order valence-corrected chi connectivity index (χ4v) is 4.35. The molecule has 3 aromatic rings. The van der Waals surface area contributed by atoms with Crippen molar-refractivity contribution in [2.75, 3.05) is 12.4 Å². The maximum Gasteiger partial charge on any atom is 0.274 e. The Hall–Kier alpha value is -1.79. The van der Waals surface area contributed by atoms with Crippen LogP contribution in [-0.4, -0.2) is 33.6 Å². The molecule has 12 heteroatoms. The molecule has 0 aliphatic heterocycles. The number of pyridine rings is 1. The average molecular weight is 607 g/mol. The van der Waals surface area contributed by atoms with Crippen molar-refractivity contribution in [3.63, 3.8) is 0 Å². The van der Waals surface area contributed by atoms with Crippen LogP contribution in [0.25, 0.3) is 5.82 Å². The molecule has 2 amide bonds. The number of carbonyl (C=O) groups excluding carboxylic acids is 2. The lowest BCUT2D eigenvalue weighted by Crippen LogP contribution is -2.35. The van der Waals surface area contributed by atoms with E-state index in [4.69, 9.17) is 11.6 Å². The minimum atomic E-state index is -0.508. The molecule has 1 aromatic carbocycles. The van der Waals surface area contributed by atoms with Gasteiger partial charge in [0.15, 0.2) is 5.82 Å². The average Bonchev–Trinajstić information content (AvgIpc) is 3.05. The van der Waals surface area contributed by atoms with Crippen LogP contribution in [0.3, 0.4) is 0 Å². The fraction of sp³-hybridized carbons (Fsp3) is 0.0588. The first-order valence-corrected chi connectivity index (χ1v) is 10.7. The van der Waals surface area contributed by atoms with Crippen LogP contribution in [0.4, 0.5) is 5.69 Å². The number of anilines is 1. The van der Waals surface area contributed by atoms with Crippen molar-refractivity contribution >= 4 is 76.9 Å². The van der Waals surface area contributed by atoms with Gasteiger partial charge in [-0.05, 0) is 56.1 Å². The second-order valence-corrected chi connectivity index (χ2v) is 8.53. The van der Waals surface area contributed by atoms with Gasteiger partial charge in [-0.25, -0.2) is 15.1 Å². The first-order valence-electron chi connectivity index (χ1n) is 7.95. The van der Waals surface area contributed by atoms with E-state index in [2.05, 4.69) is 74.0 Å². The van der Waals surface area contributed by atoms with Crippen LogP contribution in [0.5, 0.6) is 0 Å². The highest BCUT2D eigenvalue weighted by atomic mass is 79.9. The van der Waals surface area contributed by atoms with Crippen LogP contribution in [0, 0.1) is 0 Å². The van der Waals surface area contributed by atoms with Crippen molar-refractivity contribution in [1.82, 2.24) is 25.6 Å². The molecular weight excluding hydrogens is 595 g/mol. The van der Waals surface area contributed by atoms with Gasteiger partial charge >= 0.3 is 0 Å². The summed E-state index contributed by atoms with van der Waals surface area (Å²) < 4.78 is 2.92. The van der Waals surface area contributed by atoms with Gasteiger partial charge in [0.25, 0.3) is 11.8 Å². The Morgan fingerprint density at radius 2 is 1.90 bits per heavy atom. The second kappa shape index (κ2) is 9.35. The van der Waals surface area contributed by atoms with E-state index in [0.717, 1.165) is 0 Å². The Labute approximate surface area is 195 Å². The van der Waals surface area contributed by atoms with Crippen LogP contribution in [0.2, 0.25) is 5.02 Å². The molecule has 3 N–H and O–H groups in total. The number of hydrogen-bond donors (Lipinski definition) is 3. The zero-order chi connectivity index (χ0) is 21.1. The number of halogens is 4. The van der Waals surface area contributed by atoms with Crippen molar-refractivity contribution < 1.29 is 9.59 Å². The number of rotatable bonds is 5. The van der Waals surface area contributed by atoms with Gasteiger partial charge in [0.2, 0.25) is 0 Å². The van der Waals surface area contributed by atoms with Gasteiger partial charge in [-0.15, -0.1) is 0 Å². The van der Waals surface area contributed by atoms with Crippen LogP contribution < -0.4 is 16.2 Å². The van der Waals surface area contributed by atoms with E-state index in [1.807, 2.05) is 0 Å². The first-order chi connectivity index (χ1) is 13.8.